The number of carbonyl (C=O) groups excluding carboxylic acids is 1. The molecule has 1 fully saturated rings. The van der Waals surface area contributed by atoms with Crippen molar-refractivity contribution in [2.45, 2.75) is 58.5 Å². The zero-order valence-electron chi connectivity index (χ0n) is 20.5. The van der Waals surface area contributed by atoms with Gasteiger partial charge in [-0.15, -0.1) is 11.3 Å². The first-order chi connectivity index (χ1) is 16.5. The van der Waals surface area contributed by atoms with Crippen LogP contribution in [0.25, 0.3) is 11.3 Å². The molecule has 1 aliphatic rings. The lowest BCUT2D eigenvalue weighted by Crippen LogP contribution is -2.30. The zero-order valence-corrected chi connectivity index (χ0v) is 22.2. The van der Waals surface area contributed by atoms with E-state index in [4.69, 9.17) is 0 Å². The van der Waals surface area contributed by atoms with Crippen LogP contribution in [0.2, 0.25) is 0 Å². The zero-order chi connectivity index (χ0) is 25.2. The van der Waals surface area contributed by atoms with Crippen molar-refractivity contribution in [2.24, 2.45) is 0 Å². The predicted molar refractivity (Wildman–Crippen MR) is 143 cm³/mol. The van der Waals surface area contributed by atoms with Crippen LogP contribution in [0.4, 0.5) is 5.95 Å². The number of anilines is 1. The van der Waals surface area contributed by atoms with Gasteiger partial charge in [0.1, 0.15) is 4.88 Å². The van der Waals surface area contributed by atoms with Gasteiger partial charge in [-0.05, 0) is 43.0 Å². The lowest BCUT2D eigenvalue weighted by atomic mass is 9.98. The van der Waals surface area contributed by atoms with Crippen LogP contribution in [0.5, 0.6) is 0 Å². The van der Waals surface area contributed by atoms with Crippen LogP contribution in [0.1, 0.15) is 59.4 Å². The smallest absolute Gasteiger partial charge is 0.263 e. The topological polar surface area (TPSA) is 120 Å². The van der Waals surface area contributed by atoms with E-state index in [0.717, 1.165) is 27.4 Å². The van der Waals surface area contributed by atoms with Crippen LogP contribution in [-0.4, -0.2) is 47.5 Å². The monoisotopic (exact) mass is 515 g/mol. The highest BCUT2D eigenvalue weighted by Crippen LogP contribution is 2.44. The van der Waals surface area contributed by atoms with Gasteiger partial charge in [-0.2, -0.15) is 10.6 Å². The van der Waals surface area contributed by atoms with Crippen molar-refractivity contribution in [1.82, 2.24) is 20.3 Å². The maximum absolute atomic E-state index is 12.6. The van der Waals surface area contributed by atoms with Gasteiger partial charge in [-0.25, -0.2) is 15.0 Å². The molecule has 0 saturated carbocycles. The van der Waals surface area contributed by atoms with Crippen molar-refractivity contribution in [3.63, 3.8) is 0 Å². The Morgan fingerprint density at radius 2 is 1.91 bits per heavy atom. The Balaban J connectivity index is 1.39. The molecule has 2 aromatic heterocycles. The minimum Gasteiger partial charge on any atom is -0.351 e. The van der Waals surface area contributed by atoms with Gasteiger partial charge < -0.3 is 10.6 Å². The average Bonchev–Trinajstić information content (AvgIpc) is 3.31. The van der Waals surface area contributed by atoms with E-state index in [1.807, 2.05) is 25.1 Å². The summed E-state index contributed by atoms with van der Waals surface area (Å²) in [6.07, 6.45) is 4.75. The number of hydrogen-bond donors (Lipinski definition) is 4. The second kappa shape index (κ2) is 10.2. The summed E-state index contributed by atoms with van der Waals surface area (Å²) >= 11 is 1.43. The summed E-state index contributed by atoms with van der Waals surface area (Å²) in [6.45, 7) is 8.72. The summed E-state index contributed by atoms with van der Waals surface area (Å²) < 4.78 is 19.6. The summed E-state index contributed by atoms with van der Waals surface area (Å²) in [7, 11) is -2.41. The van der Waals surface area contributed by atoms with Crippen molar-refractivity contribution in [3.05, 3.63) is 57.7 Å². The maximum atomic E-state index is 12.6. The molecule has 188 valence electrons. The van der Waals surface area contributed by atoms with E-state index >= 15 is 0 Å². The van der Waals surface area contributed by atoms with Crippen LogP contribution in [0.15, 0.2) is 36.7 Å². The molecule has 3 heterocycles. The minimum atomic E-state index is -2.41. The first-order valence-electron chi connectivity index (χ1n) is 11.7. The van der Waals surface area contributed by atoms with E-state index in [-0.39, 0.29) is 17.4 Å². The molecule has 0 aliphatic carbocycles. The number of aromatic nitrogens is 3. The molecule has 4 rings (SSSR count). The Morgan fingerprint density at radius 1 is 1.17 bits per heavy atom. The number of hydrogen-bond acceptors (Lipinski definition) is 8. The molecule has 4 N–H and O–H groups in total. The second-order valence-electron chi connectivity index (χ2n) is 10.00. The standard InChI is InChI=1S/C25H33N5O3S2/c1-16-13-17(20-7-10-26-24(30-20)29-19-8-11-35(32,33)12-9-19)5-6-18(16)14-27-22(31)21-15-28-23(34-21)25(2,3)4/h5-7,10,13,15,19,32-33H,8-9,11-12,14H2,1-4H3,(H,27,31)(H,26,29,30). The highest BCUT2D eigenvalue weighted by atomic mass is 32.3. The predicted octanol–water partition coefficient (Wildman–Crippen LogP) is 5.46. The van der Waals surface area contributed by atoms with E-state index in [2.05, 4.69) is 52.4 Å². The van der Waals surface area contributed by atoms with Gasteiger partial charge in [0.25, 0.3) is 5.91 Å². The van der Waals surface area contributed by atoms with Crippen LogP contribution in [0.3, 0.4) is 0 Å². The first kappa shape index (κ1) is 25.6. The first-order valence-corrected chi connectivity index (χ1v) is 14.4. The summed E-state index contributed by atoms with van der Waals surface area (Å²) in [5.74, 6) is 1.26. The molecule has 1 aromatic carbocycles. The summed E-state index contributed by atoms with van der Waals surface area (Å²) in [5, 5.41) is 7.28. The quantitative estimate of drug-likeness (QED) is 0.344. The second-order valence-corrected chi connectivity index (χ2v) is 13.4. The molecule has 3 aromatic rings. The third-order valence-electron chi connectivity index (χ3n) is 6.02. The molecule has 0 unspecified atom stereocenters. The minimum absolute atomic E-state index is 0.0753. The number of nitrogens with one attached hydrogen (secondary N) is 2. The Bertz CT molecular complexity index is 1200. The Labute approximate surface area is 212 Å². The van der Waals surface area contributed by atoms with Gasteiger partial charge in [0.2, 0.25) is 5.95 Å². The molecule has 0 bridgehead atoms. The highest BCUT2D eigenvalue weighted by molar-refractivity contribution is 8.24. The number of carbonyl (C=O) groups is 1. The van der Waals surface area contributed by atoms with Gasteiger partial charge in [-0.1, -0.05) is 32.9 Å². The molecule has 1 saturated heterocycles. The summed E-state index contributed by atoms with van der Waals surface area (Å²) in [4.78, 5) is 26.6. The fourth-order valence-corrected chi connectivity index (χ4v) is 6.28. The van der Waals surface area contributed by atoms with Crippen molar-refractivity contribution in [1.29, 1.82) is 0 Å². The maximum Gasteiger partial charge on any atom is 0.263 e. The third kappa shape index (κ3) is 6.58. The van der Waals surface area contributed by atoms with E-state index in [0.29, 0.717) is 41.7 Å². The Morgan fingerprint density at radius 3 is 2.57 bits per heavy atom. The number of benzene rings is 1. The number of nitrogens with zero attached hydrogens (tertiary/aromatic N) is 3. The van der Waals surface area contributed by atoms with Crippen LogP contribution >= 0.6 is 21.9 Å². The lowest BCUT2D eigenvalue weighted by molar-refractivity contribution is 0.0954. The SMILES string of the molecule is Cc1cc(-c2ccnc(NC3CCS(O)(O)CC3)n2)ccc1CNC(=O)c1cnc(C(C)(C)C)s1. The lowest BCUT2D eigenvalue weighted by Gasteiger charge is -2.39. The number of aryl methyl sites for hydroxylation is 1. The summed E-state index contributed by atoms with van der Waals surface area (Å²) in [5.41, 5.74) is 3.80. The van der Waals surface area contributed by atoms with Gasteiger partial charge in [0.05, 0.1) is 16.9 Å². The third-order valence-corrected chi connectivity index (χ3v) is 9.22. The summed E-state index contributed by atoms with van der Waals surface area (Å²) in [6, 6.07) is 8.08. The molecule has 0 radical (unpaired) electrons. The Kier molecular flexibility index (Phi) is 7.46. The molecule has 10 heteroatoms. The molecule has 0 atom stereocenters. The van der Waals surface area contributed by atoms with Crippen molar-refractivity contribution in [2.75, 3.05) is 16.8 Å². The fraction of sp³-hybridized carbons (Fsp3) is 0.440. The molecule has 1 aliphatic heterocycles. The van der Waals surface area contributed by atoms with Crippen LogP contribution < -0.4 is 10.6 Å². The van der Waals surface area contributed by atoms with E-state index < -0.39 is 10.6 Å². The number of rotatable bonds is 6. The van der Waals surface area contributed by atoms with Gasteiger partial charge in [0, 0.05) is 41.3 Å². The molecule has 0 spiro atoms. The number of amides is 1. The largest absolute Gasteiger partial charge is 0.351 e. The molecule has 8 nitrogen and oxygen atoms in total. The molecular weight excluding hydrogens is 482 g/mol. The fourth-order valence-electron chi connectivity index (χ4n) is 3.87. The molecule has 35 heavy (non-hydrogen) atoms. The molecular formula is C25H33N5O3S2. The van der Waals surface area contributed by atoms with E-state index in [1.165, 1.54) is 11.3 Å². The van der Waals surface area contributed by atoms with Gasteiger partial charge >= 0.3 is 0 Å². The van der Waals surface area contributed by atoms with Crippen molar-refractivity contribution >= 4 is 33.8 Å². The highest BCUT2D eigenvalue weighted by Gasteiger charge is 2.24. The normalized spacial score (nSPS) is 17.1. The van der Waals surface area contributed by atoms with E-state index in [9.17, 15) is 13.9 Å². The molecule has 1 amide bonds. The average molecular weight is 516 g/mol. The Hall–Kier alpha value is -2.53. The van der Waals surface area contributed by atoms with Crippen LogP contribution in [-0.2, 0) is 12.0 Å². The van der Waals surface area contributed by atoms with Crippen LogP contribution in [0, 0.1) is 6.92 Å². The van der Waals surface area contributed by atoms with Crippen molar-refractivity contribution in [3.8, 4) is 11.3 Å². The van der Waals surface area contributed by atoms with Crippen molar-refractivity contribution < 1.29 is 13.9 Å². The van der Waals surface area contributed by atoms with Gasteiger partial charge in [-0.3, -0.25) is 13.9 Å². The van der Waals surface area contributed by atoms with Gasteiger partial charge in [0.15, 0.2) is 0 Å². The van der Waals surface area contributed by atoms with E-state index in [1.54, 1.807) is 12.4 Å². The number of thiazole rings is 1.